The molecule has 110 valence electrons. The van der Waals surface area contributed by atoms with Crippen molar-refractivity contribution in [2.45, 2.75) is 13.5 Å². The van der Waals surface area contributed by atoms with Crippen molar-refractivity contribution < 1.29 is 9.53 Å². The van der Waals surface area contributed by atoms with Crippen LogP contribution in [0.25, 0.3) is 0 Å². The van der Waals surface area contributed by atoms with E-state index in [0.29, 0.717) is 12.3 Å². The first-order valence-electron chi connectivity index (χ1n) is 6.56. The summed E-state index contributed by atoms with van der Waals surface area (Å²) >= 11 is 3.35. The number of carbonyl (C=O) groups is 1. The smallest absolute Gasteiger partial charge is 0.262 e. The Morgan fingerprint density at radius 1 is 1.24 bits per heavy atom. The average Bonchev–Trinajstić information content (AvgIpc) is 2.48. The maximum absolute atomic E-state index is 11.9. The molecule has 0 aliphatic heterocycles. The fourth-order valence-corrected chi connectivity index (χ4v) is 2.15. The Kier molecular flexibility index (Phi) is 5.36. The molecule has 0 heterocycles. The number of nitrogens with one attached hydrogen (secondary N) is 1. The third kappa shape index (κ3) is 4.58. The van der Waals surface area contributed by atoms with Crippen molar-refractivity contribution in [3.8, 4) is 5.75 Å². The average molecular weight is 349 g/mol. The van der Waals surface area contributed by atoms with Crippen LogP contribution in [0.2, 0.25) is 0 Å². The molecule has 2 rings (SSSR count). The zero-order valence-electron chi connectivity index (χ0n) is 11.7. The highest BCUT2D eigenvalue weighted by Crippen LogP contribution is 2.19. The molecule has 1 amide bonds. The Labute approximate surface area is 132 Å². The second-order valence-corrected chi connectivity index (χ2v) is 5.57. The van der Waals surface area contributed by atoms with Crippen LogP contribution in [-0.2, 0) is 11.3 Å². The lowest BCUT2D eigenvalue weighted by Gasteiger charge is -2.11. The van der Waals surface area contributed by atoms with Gasteiger partial charge in [-0.25, -0.2) is 0 Å². The van der Waals surface area contributed by atoms with Crippen LogP contribution in [0.4, 0.5) is 5.69 Å². The second kappa shape index (κ2) is 7.24. The van der Waals surface area contributed by atoms with Crippen molar-refractivity contribution in [1.82, 2.24) is 0 Å². The van der Waals surface area contributed by atoms with Gasteiger partial charge in [0, 0.05) is 22.3 Å². The first kappa shape index (κ1) is 15.5. The summed E-state index contributed by atoms with van der Waals surface area (Å²) < 4.78 is 6.50. The van der Waals surface area contributed by atoms with Gasteiger partial charge in [-0.05, 0) is 37.3 Å². The minimum atomic E-state index is -0.208. The van der Waals surface area contributed by atoms with Gasteiger partial charge in [0.1, 0.15) is 5.75 Å². The molecule has 0 saturated heterocycles. The van der Waals surface area contributed by atoms with E-state index in [4.69, 9.17) is 10.5 Å². The lowest BCUT2D eigenvalue weighted by Crippen LogP contribution is -2.20. The van der Waals surface area contributed by atoms with E-state index in [0.717, 1.165) is 21.3 Å². The molecule has 3 N–H and O–H groups in total. The number of nitrogens with two attached hydrogens (primary N) is 1. The van der Waals surface area contributed by atoms with E-state index >= 15 is 0 Å². The summed E-state index contributed by atoms with van der Waals surface area (Å²) in [5.41, 5.74) is 8.42. The number of anilines is 1. The number of carbonyl (C=O) groups excluding carboxylic acids is 1. The Morgan fingerprint density at radius 3 is 2.62 bits per heavy atom. The van der Waals surface area contributed by atoms with Gasteiger partial charge in [-0.1, -0.05) is 33.6 Å². The van der Waals surface area contributed by atoms with Gasteiger partial charge in [0.15, 0.2) is 6.61 Å². The van der Waals surface area contributed by atoms with E-state index in [1.807, 2.05) is 49.4 Å². The highest BCUT2D eigenvalue weighted by molar-refractivity contribution is 9.10. The molecule has 0 fully saturated rings. The molecule has 2 aromatic carbocycles. The first-order chi connectivity index (χ1) is 10.1. The molecule has 0 saturated carbocycles. The number of aryl methyl sites for hydroxylation is 1. The molecule has 0 unspecified atom stereocenters. The van der Waals surface area contributed by atoms with Gasteiger partial charge < -0.3 is 15.8 Å². The maximum atomic E-state index is 11.9. The number of amides is 1. The standard InChI is InChI=1S/C16H17BrN2O2/c1-11-2-7-15(12(8-11)9-18)21-10-16(20)19-14-5-3-13(17)4-6-14/h2-8H,9-10,18H2,1H3,(H,19,20). The number of ether oxygens (including phenoxy) is 1. The monoisotopic (exact) mass is 348 g/mol. The van der Waals surface area contributed by atoms with Gasteiger partial charge in [0.25, 0.3) is 5.91 Å². The Balaban J connectivity index is 1.93. The summed E-state index contributed by atoms with van der Waals surface area (Å²) in [6, 6.07) is 13.1. The molecule has 4 nitrogen and oxygen atoms in total. The Hall–Kier alpha value is -1.85. The van der Waals surface area contributed by atoms with Gasteiger partial charge in [0.2, 0.25) is 0 Å². The summed E-state index contributed by atoms with van der Waals surface area (Å²) in [6.45, 7) is 2.32. The van der Waals surface area contributed by atoms with Crippen LogP contribution in [0.1, 0.15) is 11.1 Å². The van der Waals surface area contributed by atoms with Crippen LogP contribution in [-0.4, -0.2) is 12.5 Å². The highest BCUT2D eigenvalue weighted by Gasteiger charge is 2.07. The van der Waals surface area contributed by atoms with Gasteiger partial charge in [0.05, 0.1) is 0 Å². The molecule has 0 spiro atoms. The minimum Gasteiger partial charge on any atom is -0.483 e. The highest BCUT2D eigenvalue weighted by atomic mass is 79.9. The maximum Gasteiger partial charge on any atom is 0.262 e. The molecule has 0 aliphatic rings. The van der Waals surface area contributed by atoms with Crippen molar-refractivity contribution in [3.05, 3.63) is 58.1 Å². The zero-order chi connectivity index (χ0) is 15.2. The molecule has 0 aromatic heterocycles. The predicted molar refractivity (Wildman–Crippen MR) is 87.3 cm³/mol. The van der Waals surface area contributed by atoms with Gasteiger partial charge >= 0.3 is 0 Å². The summed E-state index contributed by atoms with van der Waals surface area (Å²) in [6.07, 6.45) is 0. The molecular formula is C16H17BrN2O2. The second-order valence-electron chi connectivity index (χ2n) is 4.66. The van der Waals surface area contributed by atoms with Crippen molar-refractivity contribution in [1.29, 1.82) is 0 Å². The SMILES string of the molecule is Cc1ccc(OCC(=O)Nc2ccc(Br)cc2)c(CN)c1. The van der Waals surface area contributed by atoms with Crippen molar-refractivity contribution in [2.24, 2.45) is 5.73 Å². The lowest BCUT2D eigenvalue weighted by atomic mass is 10.1. The molecule has 21 heavy (non-hydrogen) atoms. The topological polar surface area (TPSA) is 64.3 Å². The largest absolute Gasteiger partial charge is 0.483 e. The van der Waals surface area contributed by atoms with Crippen LogP contribution in [0.5, 0.6) is 5.75 Å². The minimum absolute atomic E-state index is 0.0495. The quantitative estimate of drug-likeness (QED) is 0.871. The molecule has 0 atom stereocenters. The first-order valence-corrected chi connectivity index (χ1v) is 7.35. The number of halogens is 1. The fraction of sp³-hybridized carbons (Fsp3) is 0.188. The number of hydrogen-bond acceptors (Lipinski definition) is 3. The molecule has 0 bridgehead atoms. The van der Waals surface area contributed by atoms with E-state index in [2.05, 4.69) is 21.2 Å². The third-order valence-corrected chi connectivity index (χ3v) is 3.45. The Morgan fingerprint density at radius 2 is 1.95 bits per heavy atom. The van der Waals surface area contributed by atoms with E-state index in [-0.39, 0.29) is 12.5 Å². The molecule has 5 heteroatoms. The van der Waals surface area contributed by atoms with Crippen LogP contribution in [0, 0.1) is 6.92 Å². The molecule has 0 aliphatic carbocycles. The van der Waals surface area contributed by atoms with E-state index in [9.17, 15) is 4.79 Å². The van der Waals surface area contributed by atoms with Crippen molar-refractivity contribution in [2.75, 3.05) is 11.9 Å². The fourth-order valence-electron chi connectivity index (χ4n) is 1.88. The number of rotatable bonds is 5. The lowest BCUT2D eigenvalue weighted by molar-refractivity contribution is -0.118. The van der Waals surface area contributed by atoms with E-state index in [1.54, 1.807) is 0 Å². The molecule has 0 radical (unpaired) electrons. The summed E-state index contributed by atoms with van der Waals surface area (Å²) in [4.78, 5) is 11.9. The summed E-state index contributed by atoms with van der Waals surface area (Å²) in [7, 11) is 0. The third-order valence-electron chi connectivity index (χ3n) is 2.92. The summed E-state index contributed by atoms with van der Waals surface area (Å²) in [5, 5.41) is 2.77. The van der Waals surface area contributed by atoms with Crippen LogP contribution in [0.15, 0.2) is 46.9 Å². The molecular weight excluding hydrogens is 332 g/mol. The van der Waals surface area contributed by atoms with Gasteiger partial charge in [-0.3, -0.25) is 4.79 Å². The molecule has 2 aromatic rings. The predicted octanol–water partition coefficient (Wildman–Crippen LogP) is 3.23. The van der Waals surface area contributed by atoms with Crippen molar-refractivity contribution in [3.63, 3.8) is 0 Å². The van der Waals surface area contributed by atoms with Gasteiger partial charge in [-0.15, -0.1) is 0 Å². The van der Waals surface area contributed by atoms with E-state index < -0.39 is 0 Å². The number of benzene rings is 2. The zero-order valence-corrected chi connectivity index (χ0v) is 13.3. The van der Waals surface area contributed by atoms with Crippen LogP contribution < -0.4 is 15.8 Å². The van der Waals surface area contributed by atoms with Crippen molar-refractivity contribution >= 4 is 27.5 Å². The summed E-state index contributed by atoms with van der Waals surface area (Å²) in [5.74, 6) is 0.440. The van der Waals surface area contributed by atoms with E-state index in [1.165, 1.54) is 0 Å². The normalized spacial score (nSPS) is 10.2. The number of hydrogen-bond donors (Lipinski definition) is 2. The van der Waals surface area contributed by atoms with Crippen LogP contribution in [0.3, 0.4) is 0 Å². The Bertz CT molecular complexity index is 627. The van der Waals surface area contributed by atoms with Crippen LogP contribution >= 0.6 is 15.9 Å². The van der Waals surface area contributed by atoms with Gasteiger partial charge in [-0.2, -0.15) is 0 Å².